The van der Waals surface area contributed by atoms with Gasteiger partial charge in [-0.15, -0.1) is 0 Å². The van der Waals surface area contributed by atoms with Crippen LogP contribution < -0.4 is 9.47 Å². The van der Waals surface area contributed by atoms with Crippen molar-refractivity contribution in [1.29, 1.82) is 0 Å². The Kier molecular flexibility index (Phi) is 4.96. The molecule has 0 bridgehead atoms. The molecule has 1 heterocycles. The summed E-state index contributed by atoms with van der Waals surface area (Å²) >= 11 is 1.87. The highest BCUT2D eigenvalue weighted by Gasteiger charge is 2.21. The Morgan fingerprint density at radius 3 is 2.79 bits per heavy atom. The summed E-state index contributed by atoms with van der Waals surface area (Å²) in [5.41, 5.74) is 1.08. The van der Waals surface area contributed by atoms with Crippen molar-refractivity contribution in [2.24, 2.45) is 0 Å². The normalized spacial score (nSPS) is 14.8. The van der Waals surface area contributed by atoms with Crippen LogP contribution in [0.25, 0.3) is 0 Å². The van der Waals surface area contributed by atoms with Gasteiger partial charge in [-0.25, -0.2) is 0 Å². The van der Waals surface area contributed by atoms with Crippen molar-refractivity contribution in [1.82, 2.24) is 0 Å². The van der Waals surface area contributed by atoms with Gasteiger partial charge in [0.25, 0.3) is 0 Å². The lowest BCUT2D eigenvalue weighted by Gasteiger charge is -2.26. The summed E-state index contributed by atoms with van der Waals surface area (Å²) < 4.78 is 11.2. The Balaban J connectivity index is 1.96. The highest BCUT2D eigenvalue weighted by atomic mass is 32.2. The fourth-order valence-corrected chi connectivity index (χ4v) is 2.43. The number of benzene rings is 1. The van der Waals surface area contributed by atoms with E-state index in [0.29, 0.717) is 6.42 Å². The Morgan fingerprint density at radius 1 is 1.42 bits per heavy atom. The number of rotatable bonds is 7. The molecule has 1 aliphatic rings. The first kappa shape index (κ1) is 14.1. The van der Waals surface area contributed by atoms with E-state index in [2.05, 4.69) is 0 Å². The van der Waals surface area contributed by atoms with E-state index in [4.69, 9.17) is 14.6 Å². The van der Waals surface area contributed by atoms with E-state index in [0.717, 1.165) is 35.0 Å². The van der Waals surface area contributed by atoms with Gasteiger partial charge < -0.3 is 14.6 Å². The molecule has 0 radical (unpaired) electrons. The maximum atomic E-state index is 10.5. The van der Waals surface area contributed by atoms with Gasteiger partial charge in [0.15, 0.2) is 11.5 Å². The number of hydrogen-bond donors (Lipinski definition) is 1. The highest BCUT2D eigenvalue weighted by molar-refractivity contribution is 8.00. The maximum Gasteiger partial charge on any atom is 0.303 e. The van der Waals surface area contributed by atoms with Crippen LogP contribution in [0.1, 0.15) is 18.4 Å². The van der Waals surface area contributed by atoms with Crippen molar-refractivity contribution in [3.05, 3.63) is 23.8 Å². The van der Waals surface area contributed by atoms with Crippen molar-refractivity contribution in [3.63, 3.8) is 0 Å². The summed E-state index contributed by atoms with van der Waals surface area (Å²) in [6.07, 6.45) is 1.86. The van der Waals surface area contributed by atoms with E-state index >= 15 is 0 Å². The van der Waals surface area contributed by atoms with Crippen LogP contribution in [0.15, 0.2) is 18.2 Å². The molecule has 1 fully saturated rings. The van der Waals surface area contributed by atoms with Gasteiger partial charge in [-0.3, -0.25) is 4.79 Å². The molecular weight excluding hydrogens is 264 g/mol. The minimum absolute atomic E-state index is 0.194. The van der Waals surface area contributed by atoms with Crippen LogP contribution in [-0.4, -0.2) is 35.8 Å². The lowest BCUT2D eigenvalue weighted by Crippen LogP contribution is -2.31. The molecule has 1 N–H and O–H groups in total. The molecule has 0 saturated carbocycles. The molecular formula is C14H18O4S. The molecule has 1 aromatic carbocycles. The van der Waals surface area contributed by atoms with Crippen LogP contribution >= 0.6 is 11.8 Å². The summed E-state index contributed by atoms with van der Waals surface area (Å²) in [7, 11) is 1.62. The molecule has 0 amide bonds. The van der Waals surface area contributed by atoms with Crippen molar-refractivity contribution < 1.29 is 19.4 Å². The maximum absolute atomic E-state index is 10.5. The SMILES string of the molecule is COc1cc(CCCC(=O)O)ccc1OC1CSC1. The second kappa shape index (κ2) is 6.70. The summed E-state index contributed by atoms with van der Waals surface area (Å²) in [4.78, 5) is 10.5. The molecule has 1 aromatic rings. The van der Waals surface area contributed by atoms with Gasteiger partial charge in [0.2, 0.25) is 0 Å². The molecule has 0 unspecified atom stereocenters. The molecule has 5 heteroatoms. The van der Waals surface area contributed by atoms with Gasteiger partial charge in [-0.1, -0.05) is 6.07 Å². The summed E-state index contributed by atoms with van der Waals surface area (Å²) in [5.74, 6) is 2.81. The monoisotopic (exact) mass is 282 g/mol. The second-order valence-electron chi connectivity index (χ2n) is 4.51. The molecule has 2 rings (SSSR count). The minimum atomic E-state index is -0.755. The zero-order chi connectivity index (χ0) is 13.7. The molecule has 0 spiro atoms. The Morgan fingerprint density at radius 2 is 2.21 bits per heavy atom. The predicted molar refractivity (Wildman–Crippen MR) is 75.3 cm³/mol. The molecule has 1 saturated heterocycles. The summed E-state index contributed by atoms with van der Waals surface area (Å²) in [6.45, 7) is 0. The number of aliphatic carboxylic acids is 1. The lowest BCUT2D eigenvalue weighted by molar-refractivity contribution is -0.137. The van der Waals surface area contributed by atoms with E-state index < -0.39 is 5.97 Å². The van der Waals surface area contributed by atoms with E-state index in [9.17, 15) is 4.79 Å². The number of aryl methyl sites for hydroxylation is 1. The third-order valence-electron chi connectivity index (χ3n) is 2.99. The van der Waals surface area contributed by atoms with E-state index in [-0.39, 0.29) is 12.5 Å². The van der Waals surface area contributed by atoms with Gasteiger partial charge in [-0.2, -0.15) is 11.8 Å². The molecule has 4 nitrogen and oxygen atoms in total. The van der Waals surface area contributed by atoms with E-state index in [1.54, 1.807) is 7.11 Å². The van der Waals surface area contributed by atoms with Crippen LogP contribution in [0.4, 0.5) is 0 Å². The number of carboxylic acids is 1. The van der Waals surface area contributed by atoms with Crippen molar-refractivity contribution in [2.75, 3.05) is 18.6 Å². The first-order valence-corrected chi connectivity index (χ1v) is 7.47. The number of thioether (sulfide) groups is 1. The quantitative estimate of drug-likeness (QED) is 0.833. The lowest BCUT2D eigenvalue weighted by atomic mass is 10.1. The molecule has 0 atom stereocenters. The Bertz CT molecular complexity index is 443. The van der Waals surface area contributed by atoms with Crippen molar-refractivity contribution >= 4 is 17.7 Å². The second-order valence-corrected chi connectivity index (χ2v) is 5.58. The number of carboxylic acid groups (broad SMARTS) is 1. The van der Waals surface area contributed by atoms with E-state index in [1.807, 2.05) is 30.0 Å². The van der Waals surface area contributed by atoms with Crippen molar-refractivity contribution in [2.45, 2.75) is 25.4 Å². The van der Waals surface area contributed by atoms with Gasteiger partial charge in [0, 0.05) is 17.9 Å². The van der Waals surface area contributed by atoms with Gasteiger partial charge >= 0.3 is 5.97 Å². The summed E-state index contributed by atoms with van der Waals surface area (Å²) in [5, 5.41) is 8.62. The zero-order valence-corrected chi connectivity index (χ0v) is 11.7. The van der Waals surface area contributed by atoms with Gasteiger partial charge in [-0.05, 0) is 30.5 Å². The molecule has 1 aliphatic heterocycles. The number of ether oxygens (including phenoxy) is 2. The zero-order valence-electron chi connectivity index (χ0n) is 10.9. The fourth-order valence-electron chi connectivity index (χ4n) is 1.87. The van der Waals surface area contributed by atoms with Crippen LogP contribution in [0.2, 0.25) is 0 Å². The first-order chi connectivity index (χ1) is 9.19. The molecule has 0 aromatic heterocycles. The largest absolute Gasteiger partial charge is 0.493 e. The van der Waals surface area contributed by atoms with Crippen LogP contribution in [0.3, 0.4) is 0 Å². The Hall–Kier alpha value is -1.36. The Labute approximate surface area is 117 Å². The van der Waals surface area contributed by atoms with Gasteiger partial charge in [0.1, 0.15) is 6.10 Å². The third-order valence-corrected chi connectivity index (χ3v) is 4.20. The average molecular weight is 282 g/mol. The highest BCUT2D eigenvalue weighted by Crippen LogP contribution is 2.32. The number of hydrogen-bond acceptors (Lipinski definition) is 4. The molecule has 19 heavy (non-hydrogen) atoms. The molecule has 0 aliphatic carbocycles. The van der Waals surface area contributed by atoms with Crippen molar-refractivity contribution in [3.8, 4) is 11.5 Å². The third kappa shape index (κ3) is 4.06. The van der Waals surface area contributed by atoms with Gasteiger partial charge in [0.05, 0.1) is 7.11 Å². The van der Waals surface area contributed by atoms with E-state index in [1.165, 1.54) is 0 Å². The van der Waals surface area contributed by atoms with Crippen LogP contribution in [0.5, 0.6) is 11.5 Å². The van der Waals surface area contributed by atoms with Crippen LogP contribution in [-0.2, 0) is 11.2 Å². The topological polar surface area (TPSA) is 55.8 Å². The minimum Gasteiger partial charge on any atom is -0.493 e. The average Bonchev–Trinajstić information content (AvgIpc) is 2.34. The smallest absolute Gasteiger partial charge is 0.303 e. The number of carbonyl (C=O) groups is 1. The standard InChI is InChI=1S/C14H18O4S/c1-17-13-7-10(3-2-4-14(15)16)5-6-12(13)18-11-8-19-9-11/h5-7,11H,2-4,8-9H2,1H3,(H,15,16). The predicted octanol–water partition coefficient (Wildman–Crippen LogP) is 2.60. The first-order valence-electron chi connectivity index (χ1n) is 6.32. The number of methoxy groups -OCH3 is 1. The summed E-state index contributed by atoms with van der Waals surface area (Å²) in [6, 6.07) is 5.83. The molecule has 104 valence electrons. The fraction of sp³-hybridized carbons (Fsp3) is 0.500. The van der Waals surface area contributed by atoms with Crippen LogP contribution in [0, 0.1) is 0 Å².